The smallest absolute Gasteiger partial charge is 0.233 e. The van der Waals surface area contributed by atoms with Crippen LogP contribution >= 0.6 is 0 Å². The van der Waals surface area contributed by atoms with Crippen LogP contribution in [0.2, 0.25) is 0 Å². The van der Waals surface area contributed by atoms with Crippen molar-refractivity contribution >= 4 is 11.6 Å². The highest BCUT2D eigenvalue weighted by Crippen LogP contribution is 2.33. The molecular formula is C16H20FNO2. The zero-order valence-electron chi connectivity index (χ0n) is 11.6. The summed E-state index contributed by atoms with van der Waals surface area (Å²) in [6.07, 6.45) is 4.29. The summed E-state index contributed by atoms with van der Waals surface area (Å²) in [6, 6.07) is 6.03. The number of rotatable bonds is 3. The Hall–Kier alpha value is -1.42. The SMILES string of the molecule is O=C(Nc1ccc2c(c1)CCC2)C1(CF)CCOCC1. The minimum atomic E-state index is -0.905. The van der Waals surface area contributed by atoms with Crippen LogP contribution in [0.5, 0.6) is 0 Å². The number of anilines is 1. The number of nitrogens with one attached hydrogen (secondary N) is 1. The summed E-state index contributed by atoms with van der Waals surface area (Å²) in [6.45, 7) is 0.302. The van der Waals surface area contributed by atoms with Crippen molar-refractivity contribution in [2.24, 2.45) is 5.41 Å². The van der Waals surface area contributed by atoms with E-state index in [-0.39, 0.29) is 5.91 Å². The number of carbonyl (C=O) groups excluding carboxylic acids is 1. The summed E-state index contributed by atoms with van der Waals surface area (Å²) in [7, 11) is 0. The van der Waals surface area contributed by atoms with Crippen LogP contribution in [-0.2, 0) is 22.4 Å². The van der Waals surface area contributed by atoms with E-state index >= 15 is 0 Å². The summed E-state index contributed by atoms with van der Waals surface area (Å²) in [5.41, 5.74) is 2.56. The molecule has 1 aromatic rings. The van der Waals surface area contributed by atoms with Gasteiger partial charge >= 0.3 is 0 Å². The largest absolute Gasteiger partial charge is 0.381 e. The van der Waals surface area contributed by atoms with E-state index < -0.39 is 12.1 Å². The standard InChI is InChI=1S/C16H20FNO2/c17-11-16(6-8-20-9-7-16)15(19)18-14-5-4-12-2-1-3-13(12)10-14/h4-5,10H,1-3,6-9,11H2,(H,18,19). The molecular weight excluding hydrogens is 257 g/mol. The number of halogens is 1. The van der Waals surface area contributed by atoms with E-state index in [4.69, 9.17) is 4.74 Å². The fourth-order valence-electron chi connectivity index (χ4n) is 3.10. The second kappa shape index (κ2) is 5.52. The lowest BCUT2D eigenvalue weighted by molar-refractivity contribution is -0.132. The molecule has 1 amide bonds. The Labute approximate surface area is 118 Å². The van der Waals surface area contributed by atoms with Gasteiger partial charge in [0.2, 0.25) is 5.91 Å². The molecule has 0 saturated carbocycles. The van der Waals surface area contributed by atoms with Crippen LogP contribution < -0.4 is 5.32 Å². The van der Waals surface area contributed by atoms with Gasteiger partial charge in [0.15, 0.2) is 0 Å². The lowest BCUT2D eigenvalue weighted by atomic mass is 9.80. The molecule has 1 N–H and O–H groups in total. The molecule has 3 rings (SSSR count). The normalized spacial score (nSPS) is 20.4. The van der Waals surface area contributed by atoms with Crippen LogP contribution in [-0.4, -0.2) is 25.8 Å². The topological polar surface area (TPSA) is 38.3 Å². The molecule has 1 aliphatic carbocycles. The molecule has 0 bridgehead atoms. The van der Waals surface area contributed by atoms with Gasteiger partial charge in [-0.3, -0.25) is 4.79 Å². The Morgan fingerprint density at radius 3 is 2.75 bits per heavy atom. The number of carbonyl (C=O) groups is 1. The van der Waals surface area contributed by atoms with E-state index in [9.17, 15) is 9.18 Å². The van der Waals surface area contributed by atoms with Gasteiger partial charge in [0.25, 0.3) is 0 Å². The fraction of sp³-hybridized carbons (Fsp3) is 0.562. The molecule has 0 radical (unpaired) electrons. The Bertz CT molecular complexity index is 509. The fourth-order valence-corrected chi connectivity index (χ4v) is 3.10. The van der Waals surface area contributed by atoms with Crippen molar-refractivity contribution < 1.29 is 13.9 Å². The molecule has 1 aliphatic heterocycles. The van der Waals surface area contributed by atoms with Gasteiger partial charge in [0.1, 0.15) is 6.67 Å². The molecule has 1 saturated heterocycles. The van der Waals surface area contributed by atoms with Gasteiger partial charge in [-0.05, 0) is 55.4 Å². The molecule has 2 aliphatic rings. The van der Waals surface area contributed by atoms with Crippen molar-refractivity contribution in [2.75, 3.05) is 25.2 Å². The molecule has 1 aromatic carbocycles. The number of alkyl halides is 1. The molecule has 4 heteroatoms. The minimum Gasteiger partial charge on any atom is -0.381 e. The van der Waals surface area contributed by atoms with Crippen molar-refractivity contribution in [1.82, 2.24) is 0 Å². The lowest BCUT2D eigenvalue weighted by Crippen LogP contribution is -2.42. The summed E-state index contributed by atoms with van der Waals surface area (Å²) >= 11 is 0. The Balaban J connectivity index is 1.74. The first-order chi connectivity index (χ1) is 9.73. The zero-order valence-corrected chi connectivity index (χ0v) is 11.6. The van der Waals surface area contributed by atoms with Crippen molar-refractivity contribution in [3.05, 3.63) is 29.3 Å². The first-order valence-corrected chi connectivity index (χ1v) is 7.30. The first-order valence-electron chi connectivity index (χ1n) is 7.30. The van der Waals surface area contributed by atoms with Crippen LogP contribution in [0.1, 0.15) is 30.4 Å². The number of aryl methyl sites for hydroxylation is 2. The van der Waals surface area contributed by atoms with Crippen LogP contribution in [0, 0.1) is 5.41 Å². The van der Waals surface area contributed by atoms with Crippen molar-refractivity contribution in [2.45, 2.75) is 32.1 Å². The maximum atomic E-state index is 13.4. The molecule has 108 valence electrons. The number of amides is 1. The quantitative estimate of drug-likeness (QED) is 0.922. The number of hydrogen-bond acceptors (Lipinski definition) is 2. The molecule has 0 atom stereocenters. The number of ether oxygens (including phenoxy) is 1. The number of fused-ring (bicyclic) bond motifs is 1. The van der Waals surface area contributed by atoms with Gasteiger partial charge in [0.05, 0.1) is 5.41 Å². The van der Waals surface area contributed by atoms with Crippen LogP contribution in [0.25, 0.3) is 0 Å². The summed E-state index contributed by atoms with van der Waals surface area (Å²) in [5.74, 6) is -0.207. The predicted octanol–water partition coefficient (Wildman–Crippen LogP) is 2.88. The van der Waals surface area contributed by atoms with E-state index in [2.05, 4.69) is 11.4 Å². The van der Waals surface area contributed by atoms with Gasteiger partial charge in [-0.1, -0.05) is 6.07 Å². The molecule has 0 spiro atoms. The van der Waals surface area contributed by atoms with Crippen molar-refractivity contribution in [1.29, 1.82) is 0 Å². The lowest BCUT2D eigenvalue weighted by Gasteiger charge is -2.33. The van der Waals surface area contributed by atoms with Crippen molar-refractivity contribution in [3.8, 4) is 0 Å². The monoisotopic (exact) mass is 277 g/mol. The molecule has 0 aromatic heterocycles. The van der Waals surface area contributed by atoms with E-state index in [0.29, 0.717) is 26.1 Å². The Morgan fingerprint density at radius 1 is 1.25 bits per heavy atom. The Kier molecular flexibility index (Phi) is 3.74. The van der Waals surface area contributed by atoms with Crippen LogP contribution in [0.3, 0.4) is 0 Å². The Morgan fingerprint density at radius 2 is 2.00 bits per heavy atom. The summed E-state index contributed by atoms with van der Waals surface area (Å²) in [5, 5.41) is 2.90. The number of hydrogen-bond donors (Lipinski definition) is 1. The van der Waals surface area contributed by atoms with E-state index in [1.165, 1.54) is 17.5 Å². The van der Waals surface area contributed by atoms with E-state index in [1.54, 1.807) is 0 Å². The second-order valence-electron chi connectivity index (χ2n) is 5.82. The molecule has 1 heterocycles. The second-order valence-corrected chi connectivity index (χ2v) is 5.82. The van der Waals surface area contributed by atoms with Gasteiger partial charge < -0.3 is 10.1 Å². The maximum Gasteiger partial charge on any atom is 0.233 e. The third-order valence-electron chi connectivity index (χ3n) is 4.54. The molecule has 1 fully saturated rings. The summed E-state index contributed by atoms with van der Waals surface area (Å²) < 4.78 is 18.6. The van der Waals surface area contributed by atoms with Gasteiger partial charge in [-0.15, -0.1) is 0 Å². The molecule has 0 unspecified atom stereocenters. The van der Waals surface area contributed by atoms with E-state index in [1.807, 2.05) is 12.1 Å². The zero-order chi connectivity index (χ0) is 14.0. The van der Waals surface area contributed by atoms with Gasteiger partial charge in [-0.2, -0.15) is 0 Å². The third kappa shape index (κ3) is 2.44. The predicted molar refractivity (Wildman–Crippen MR) is 75.6 cm³/mol. The summed E-state index contributed by atoms with van der Waals surface area (Å²) in [4.78, 5) is 12.4. The highest BCUT2D eigenvalue weighted by Gasteiger charge is 2.40. The molecule has 20 heavy (non-hydrogen) atoms. The molecule has 3 nitrogen and oxygen atoms in total. The van der Waals surface area contributed by atoms with Gasteiger partial charge in [0, 0.05) is 18.9 Å². The average Bonchev–Trinajstić information content (AvgIpc) is 2.95. The number of benzene rings is 1. The minimum absolute atomic E-state index is 0.207. The average molecular weight is 277 g/mol. The van der Waals surface area contributed by atoms with Gasteiger partial charge in [-0.25, -0.2) is 4.39 Å². The highest BCUT2D eigenvalue weighted by atomic mass is 19.1. The third-order valence-corrected chi connectivity index (χ3v) is 4.54. The van der Waals surface area contributed by atoms with Crippen molar-refractivity contribution in [3.63, 3.8) is 0 Å². The van der Waals surface area contributed by atoms with Crippen LogP contribution in [0.4, 0.5) is 10.1 Å². The van der Waals surface area contributed by atoms with Crippen LogP contribution in [0.15, 0.2) is 18.2 Å². The van der Waals surface area contributed by atoms with E-state index in [0.717, 1.165) is 18.5 Å². The highest BCUT2D eigenvalue weighted by molar-refractivity contribution is 5.95. The first kappa shape index (κ1) is 13.6. The maximum absolute atomic E-state index is 13.4.